The minimum atomic E-state index is -0.988. The van der Waals surface area contributed by atoms with E-state index in [0.29, 0.717) is 5.56 Å². The summed E-state index contributed by atoms with van der Waals surface area (Å²) in [4.78, 5) is 37.9. The Hall–Kier alpha value is -2.01. The van der Waals surface area contributed by atoms with E-state index in [2.05, 4.69) is 0 Å². The molecule has 0 amide bonds. The first kappa shape index (κ1) is 15.4. The summed E-state index contributed by atoms with van der Waals surface area (Å²) in [6.45, 7) is 3.72. The maximum atomic E-state index is 12.3. The molecule has 2 rings (SSSR count). The minimum absolute atomic E-state index is 0.0164. The van der Waals surface area contributed by atoms with Crippen LogP contribution in [-0.2, 0) is 14.3 Å². The summed E-state index contributed by atoms with van der Waals surface area (Å²) in [5, 5.41) is 0. The predicted octanol–water partition coefficient (Wildman–Crippen LogP) is 1.46. The summed E-state index contributed by atoms with van der Waals surface area (Å²) in [5.41, 5.74) is 0.0247. The van der Waals surface area contributed by atoms with E-state index in [1.54, 1.807) is 29.2 Å². The van der Waals surface area contributed by atoms with Gasteiger partial charge in [-0.05, 0) is 13.8 Å². The highest BCUT2D eigenvalue weighted by Gasteiger charge is 2.50. The van der Waals surface area contributed by atoms with Gasteiger partial charge in [-0.2, -0.15) is 0 Å². The molecule has 1 unspecified atom stereocenters. The van der Waals surface area contributed by atoms with Gasteiger partial charge in [0.25, 0.3) is 0 Å². The Balaban J connectivity index is 2.24. The molecule has 5 heteroatoms. The number of hydrogen-bond donors (Lipinski definition) is 0. The Kier molecular flexibility index (Phi) is 4.23. The maximum absolute atomic E-state index is 12.3. The normalized spacial score (nSPS) is 21.3. The maximum Gasteiger partial charge on any atom is 0.330 e. The van der Waals surface area contributed by atoms with Gasteiger partial charge in [0.15, 0.2) is 17.6 Å². The monoisotopic (exact) mass is 289 g/mol. The Bertz CT molecular complexity index is 565. The number of benzene rings is 1. The average molecular weight is 289 g/mol. The molecule has 1 atom stereocenters. The molecular formula is C16H19NO4. The highest BCUT2D eigenvalue weighted by atomic mass is 16.5. The summed E-state index contributed by atoms with van der Waals surface area (Å²) >= 11 is 0. The molecule has 1 aromatic rings. The van der Waals surface area contributed by atoms with E-state index in [9.17, 15) is 14.4 Å². The van der Waals surface area contributed by atoms with Gasteiger partial charge in [0.1, 0.15) is 0 Å². The van der Waals surface area contributed by atoms with Crippen LogP contribution < -0.4 is 0 Å². The zero-order valence-corrected chi connectivity index (χ0v) is 12.5. The fraction of sp³-hybridized carbons (Fsp3) is 0.438. The molecule has 112 valence electrons. The van der Waals surface area contributed by atoms with Crippen molar-refractivity contribution in [1.82, 2.24) is 4.90 Å². The standard InChI is InChI=1S/C16H19NO4/c1-16(2)9-12(18)14(15(20)21-3)17(16)10-13(19)11-7-5-4-6-8-11/h4-8,14H,9-10H2,1-3H3. The van der Waals surface area contributed by atoms with Crippen molar-refractivity contribution >= 4 is 17.5 Å². The fourth-order valence-electron chi connectivity index (χ4n) is 2.69. The number of Topliss-reactive ketones (excluding diaryl/α,β-unsaturated/α-hetero) is 2. The van der Waals surface area contributed by atoms with Gasteiger partial charge in [0.05, 0.1) is 13.7 Å². The SMILES string of the molecule is COC(=O)C1C(=O)CC(C)(C)N1CC(=O)c1ccccc1. The molecule has 1 aliphatic heterocycles. The lowest BCUT2D eigenvalue weighted by Gasteiger charge is -2.32. The molecule has 1 aromatic carbocycles. The van der Waals surface area contributed by atoms with Crippen LogP contribution in [-0.4, -0.2) is 47.7 Å². The predicted molar refractivity (Wildman–Crippen MR) is 77.0 cm³/mol. The Morgan fingerprint density at radius 2 is 1.90 bits per heavy atom. The molecule has 1 aliphatic rings. The van der Waals surface area contributed by atoms with Crippen molar-refractivity contribution < 1.29 is 19.1 Å². The summed E-state index contributed by atoms with van der Waals surface area (Å²) in [7, 11) is 1.25. The number of hydrogen-bond acceptors (Lipinski definition) is 5. The molecule has 0 N–H and O–H groups in total. The molecule has 5 nitrogen and oxygen atoms in total. The van der Waals surface area contributed by atoms with Crippen LogP contribution >= 0.6 is 0 Å². The molecule has 0 aliphatic carbocycles. The van der Waals surface area contributed by atoms with Crippen LogP contribution in [0.1, 0.15) is 30.6 Å². The van der Waals surface area contributed by atoms with Crippen LogP contribution in [0.3, 0.4) is 0 Å². The van der Waals surface area contributed by atoms with E-state index < -0.39 is 17.6 Å². The Morgan fingerprint density at radius 3 is 2.48 bits per heavy atom. The van der Waals surface area contributed by atoms with E-state index in [-0.39, 0.29) is 24.5 Å². The number of likely N-dealkylation sites (tertiary alicyclic amines) is 1. The molecule has 0 radical (unpaired) electrons. The first-order chi connectivity index (χ1) is 9.86. The van der Waals surface area contributed by atoms with Gasteiger partial charge in [-0.25, -0.2) is 4.79 Å². The summed E-state index contributed by atoms with van der Waals surface area (Å²) in [6, 6.07) is 7.85. The van der Waals surface area contributed by atoms with Crippen LogP contribution in [0.2, 0.25) is 0 Å². The smallest absolute Gasteiger partial charge is 0.330 e. The third kappa shape index (κ3) is 3.03. The Morgan fingerprint density at radius 1 is 1.29 bits per heavy atom. The second-order valence-corrected chi connectivity index (χ2v) is 5.80. The lowest BCUT2D eigenvalue weighted by molar-refractivity contribution is -0.149. The molecule has 1 saturated heterocycles. The molecule has 1 fully saturated rings. The first-order valence-corrected chi connectivity index (χ1v) is 6.82. The van der Waals surface area contributed by atoms with Crippen LogP contribution in [0.5, 0.6) is 0 Å². The number of ketones is 2. The van der Waals surface area contributed by atoms with Gasteiger partial charge >= 0.3 is 5.97 Å². The van der Waals surface area contributed by atoms with E-state index in [4.69, 9.17) is 4.74 Å². The number of carbonyl (C=O) groups is 3. The van der Waals surface area contributed by atoms with Crippen molar-refractivity contribution in [2.24, 2.45) is 0 Å². The van der Waals surface area contributed by atoms with Crippen molar-refractivity contribution in [2.75, 3.05) is 13.7 Å². The summed E-state index contributed by atoms with van der Waals surface area (Å²) in [5.74, 6) is -0.925. The molecule has 0 saturated carbocycles. The average Bonchev–Trinajstić information content (AvgIpc) is 2.68. The molecule has 0 aromatic heterocycles. The van der Waals surface area contributed by atoms with Crippen LogP contribution in [0.25, 0.3) is 0 Å². The number of nitrogens with zero attached hydrogens (tertiary/aromatic N) is 1. The zero-order chi connectivity index (χ0) is 15.6. The van der Waals surface area contributed by atoms with Crippen LogP contribution in [0, 0.1) is 0 Å². The lowest BCUT2D eigenvalue weighted by Crippen LogP contribution is -2.50. The molecular weight excluding hydrogens is 270 g/mol. The van der Waals surface area contributed by atoms with E-state index in [0.717, 1.165) is 0 Å². The molecule has 0 spiro atoms. The highest BCUT2D eigenvalue weighted by molar-refractivity contribution is 6.06. The van der Waals surface area contributed by atoms with Gasteiger partial charge in [0, 0.05) is 17.5 Å². The van der Waals surface area contributed by atoms with Gasteiger partial charge in [-0.3, -0.25) is 14.5 Å². The number of ether oxygens (including phenoxy) is 1. The van der Waals surface area contributed by atoms with Crippen molar-refractivity contribution in [1.29, 1.82) is 0 Å². The topological polar surface area (TPSA) is 63.7 Å². The number of methoxy groups -OCH3 is 1. The molecule has 1 heterocycles. The van der Waals surface area contributed by atoms with Crippen molar-refractivity contribution in [3.8, 4) is 0 Å². The van der Waals surface area contributed by atoms with Crippen molar-refractivity contribution in [3.05, 3.63) is 35.9 Å². The van der Waals surface area contributed by atoms with E-state index in [1.807, 2.05) is 19.9 Å². The minimum Gasteiger partial charge on any atom is -0.468 e. The van der Waals surface area contributed by atoms with Gasteiger partial charge in [-0.1, -0.05) is 30.3 Å². The quantitative estimate of drug-likeness (QED) is 0.477. The fourth-order valence-corrected chi connectivity index (χ4v) is 2.69. The largest absolute Gasteiger partial charge is 0.468 e. The highest BCUT2D eigenvalue weighted by Crippen LogP contribution is 2.31. The number of esters is 1. The van der Waals surface area contributed by atoms with E-state index >= 15 is 0 Å². The second kappa shape index (κ2) is 5.77. The zero-order valence-electron chi connectivity index (χ0n) is 12.5. The second-order valence-electron chi connectivity index (χ2n) is 5.80. The van der Waals surface area contributed by atoms with Gasteiger partial charge in [0.2, 0.25) is 0 Å². The van der Waals surface area contributed by atoms with Crippen LogP contribution in [0.15, 0.2) is 30.3 Å². The van der Waals surface area contributed by atoms with Gasteiger partial charge in [-0.15, -0.1) is 0 Å². The van der Waals surface area contributed by atoms with Gasteiger partial charge < -0.3 is 4.74 Å². The summed E-state index contributed by atoms with van der Waals surface area (Å²) < 4.78 is 4.70. The van der Waals surface area contributed by atoms with Crippen molar-refractivity contribution in [3.63, 3.8) is 0 Å². The third-order valence-corrected chi connectivity index (χ3v) is 3.84. The first-order valence-electron chi connectivity index (χ1n) is 6.82. The van der Waals surface area contributed by atoms with E-state index in [1.165, 1.54) is 7.11 Å². The Labute approximate surface area is 123 Å². The number of carbonyl (C=O) groups excluding carboxylic acids is 3. The molecule has 0 bridgehead atoms. The van der Waals surface area contributed by atoms with Crippen LogP contribution in [0.4, 0.5) is 0 Å². The lowest BCUT2D eigenvalue weighted by atomic mass is 10.0. The van der Waals surface area contributed by atoms with Crippen molar-refractivity contribution in [2.45, 2.75) is 31.8 Å². The molecule has 21 heavy (non-hydrogen) atoms. The number of rotatable bonds is 4. The summed E-state index contributed by atoms with van der Waals surface area (Å²) in [6.07, 6.45) is 0.231. The third-order valence-electron chi connectivity index (χ3n) is 3.84.